The molecule has 0 saturated carbocycles. The summed E-state index contributed by atoms with van der Waals surface area (Å²) in [5, 5.41) is 1.15. The van der Waals surface area contributed by atoms with Gasteiger partial charge in [0, 0.05) is 26.9 Å². The molecule has 7 aromatic rings. The molecule has 138 valence electrons. The number of fused-ring (bicyclic) bond motifs is 5. The van der Waals surface area contributed by atoms with Gasteiger partial charge in [0.05, 0.1) is 33.5 Å². The molecule has 7 rings (SSSR count). The first kappa shape index (κ1) is 16.1. The standard InChI is InChI=1S/C20H8N4OS4/c1-3-9(17-12(5-1)21-28-23-17)15-7-11-19-14(25-20(11)27-15)8-16(26-19)10-4-2-6-13-18(10)24-29-22-13/h1-8H. The predicted molar refractivity (Wildman–Crippen MR) is 122 cm³/mol. The van der Waals surface area contributed by atoms with Gasteiger partial charge in [-0.05, 0) is 18.2 Å². The zero-order valence-electron chi connectivity index (χ0n) is 14.4. The van der Waals surface area contributed by atoms with Gasteiger partial charge in [0.1, 0.15) is 27.6 Å². The third-order valence-corrected chi connectivity index (χ3v) is 8.26. The molecule has 0 aliphatic rings. The Morgan fingerprint density at radius 2 is 1.34 bits per heavy atom. The Bertz CT molecular complexity index is 1560. The summed E-state index contributed by atoms with van der Waals surface area (Å²) in [5.41, 5.74) is 6.91. The average molecular weight is 449 g/mol. The Balaban J connectivity index is 1.43. The minimum Gasteiger partial charge on any atom is -0.444 e. The van der Waals surface area contributed by atoms with Crippen LogP contribution in [-0.4, -0.2) is 17.5 Å². The fourth-order valence-electron chi connectivity index (χ4n) is 3.62. The van der Waals surface area contributed by atoms with Crippen molar-refractivity contribution in [1.29, 1.82) is 0 Å². The van der Waals surface area contributed by atoms with E-state index in [0.717, 1.165) is 58.8 Å². The molecular weight excluding hydrogens is 441 g/mol. The normalized spacial score (nSPS) is 12.1. The largest absolute Gasteiger partial charge is 0.444 e. The molecule has 0 amide bonds. The van der Waals surface area contributed by atoms with Crippen LogP contribution in [0.2, 0.25) is 0 Å². The molecule has 5 nitrogen and oxygen atoms in total. The van der Waals surface area contributed by atoms with Crippen LogP contribution in [0.4, 0.5) is 0 Å². The number of nitrogens with zero attached hydrogens (tertiary/aromatic N) is 4. The van der Waals surface area contributed by atoms with E-state index in [2.05, 4.69) is 41.8 Å². The summed E-state index contributed by atoms with van der Waals surface area (Å²) in [6, 6.07) is 16.6. The Morgan fingerprint density at radius 3 is 2.03 bits per heavy atom. The van der Waals surface area contributed by atoms with Gasteiger partial charge in [0.2, 0.25) is 0 Å². The lowest BCUT2D eigenvalue weighted by Crippen LogP contribution is -1.75. The summed E-state index contributed by atoms with van der Waals surface area (Å²) in [5.74, 6) is 0. The number of hydrogen-bond donors (Lipinski definition) is 0. The molecule has 2 aromatic carbocycles. The van der Waals surface area contributed by atoms with Crippen molar-refractivity contribution in [1.82, 2.24) is 17.5 Å². The third kappa shape index (κ3) is 2.29. The molecule has 0 aliphatic carbocycles. The summed E-state index contributed by atoms with van der Waals surface area (Å²) in [4.78, 5) is 3.25. The Kier molecular flexibility index (Phi) is 3.28. The lowest BCUT2D eigenvalue weighted by molar-refractivity contribution is 0.679. The number of hydrogen-bond acceptors (Lipinski definition) is 9. The summed E-state index contributed by atoms with van der Waals surface area (Å²) >= 11 is 5.90. The second-order valence-electron chi connectivity index (χ2n) is 6.59. The molecule has 0 unspecified atom stereocenters. The molecule has 0 bridgehead atoms. The Morgan fingerprint density at radius 1 is 0.690 bits per heavy atom. The van der Waals surface area contributed by atoms with Crippen LogP contribution in [0.3, 0.4) is 0 Å². The van der Waals surface area contributed by atoms with Gasteiger partial charge in [-0.1, -0.05) is 35.6 Å². The van der Waals surface area contributed by atoms with Gasteiger partial charge in [-0.15, -0.1) is 11.3 Å². The van der Waals surface area contributed by atoms with E-state index >= 15 is 0 Å². The number of aromatic nitrogens is 4. The van der Waals surface area contributed by atoms with Crippen LogP contribution in [-0.2, 0) is 0 Å². The van der Waals surface area contributed by atoms with E-state index in [0.29, 0.717) is 0 Å². The number of thiophene rings is 2. The maximum atomic E-state index is 6.21. The molecule has 0 aliphatic heterocycles. The van der Waals surface area contributed by atoms with Crippen LogP contribution in [0.1, 0.15) is 0 Å². The van der Waals surface area contributed by atoms with E-state index in [9.17, 15) is 0 Å². The molecule has 0 saturated heterocycles. The summed E-state index contributed by atoms with van der Waals surface area (Å²) in [7, 11) is 0. The van der Waals surface area contributed by atoms with E-state index in [1.807, 2.05) is 24.3 Å². The first-order valence-electron chi connectivity index (χ1n) is 8.74. The summed E-state index contributed by atoms with van der Waals surface area (Å²) < 4.78 is 25.0. The second kappa shape index (κ2) is 5.90. The second-order valence-corrected chi connectivity index (χ2v) is 9.72. The lowest BCUT2D eigenvalue weighted by atomic mass is 10.1. The first-order chi connectivity index (χ1) is 14.3. The van der Waals surface area contributed by atoms with E-state index in [1.54, 1.807) is 22.7 Å². The minimum atomic E-state index is 0.923. The maximum absolute atomic E-state index is 6.21. The monoisotopic (exact) mass is 448 g/mol. The van der Waals surface area contributed by atoms with Crippen LogP contribution in [0.15, 0.2) is 52.9 Å². The highest BCUT2D eigenvalue weighted by molar-refractivity contribution is 7.26. The molecule has 9 heteroatoms. The highest BCUT2D eigenvalue weighted by Gasteiger charge is 2.19. The summed E-state index contributed by atoms with van der Waals surface area (Å²) in [6.07, 6.45) is 0. The minimum absolute atomic E-state index is 0.923. The van der Waals surface area contributed by atoms with Crippen molar-refractivity contribution in [3.8, 4) is 20.9 Å². The van der Waals surface area contributed by atoms with Crippen molar-refractivity contribution in [3.05, 3.63) is 48.5 Å². The fraction of sp³-hybridized carbons (Fsp3) is 0. The van der Waals surface area contributed by atoms with Crippen LogP contribution in [0, 0.1) is 0 Å². The average Bonchev–Trinajstić information content (AvgIpc) is 3.52. The first-order valence-corrected chi connectivity index (χ1v) is 11.8. The van der Waals surface area contributed by atoms with E-state index in [4.69, 9.17) is 4.42 Å². The van der Waals surface area contributed by atoms with Gasteiger partial charge in [-0.3, -0.25) is 0 Å². The van der Waals surface area contributed by atoms with Crippen molar-refractivity contribution >= 4 is 88.8 Å². The third-order valence-electron chi connectivity index (χ3n) is 4.95. The molecule has 0 N–H and O–H groups in total. The highest BCUT2D eigenvalue weighted by Crippen LogP contribution is 2.46. The van der Waals surface area contributed by atoms with Crippen molar-refractivity contribution in [3.63, 3.8) is 0 Å². The molecule has 29 heavy (non-hydrogen) atoms. The van der Waals surface area contributed by atoms with Gasteiger partial charge in [-0.25, -0.2) is 0 Å². The molecule has 0 radical (unpaired) electrons. The molecule has 5 aromatic heterocycles. The van der Waals surface area contributed by atoms with E-state index in [-0.39, 0.29) is 0 Å². The quantitative estimate of drug-likeness (QED) is 0.283. The van der Waals surface area contributed by atoms with Crippen LogP contribution in [0.25, 0.3) is 63.5 Å². The van der Waals surface area contributed by atoms with Gasteiger partial charge in [0.25, 0.3) is 0 Å². The SMILES string of the molecule is c1cc(-c2cc3c(oc4cc(-c5cccc6nsnc56)sc43)s2)c2nsnc2c1. The zero-order chi connectivity index (χ0) is 18.9. The Hall–Kier alpha value is -2.72. The lowest BCUT2D eigenvalue weighted by Gasteiger charge is -1.96. The highest BCUT2D eigenvalue weighted by atomic mass is 32.1. The van der Waals surface area contributed by atoms with Crippen LogP contribution < -0.4 is 0 Å². The number of furan rings is 1. The summed E-state index contributed by atoms with van der Waals surface area (Å²) in [6.45, 7) is 0. The van der Waals surface area contributed by atoms with Gasteiger partial charge < -0.3 is 4.42 Å². The molecule has 0 fully saturated rings. The van der Waals surface area contributed by atoms with Crippen molar-refractivity contribution in [2.24, 2.45) is 0 Å². The topological polar surface area (TPSA) is 64.7 Å². The molecule has 0 atom stereocenters. The van der Waals surface area contributed by atoms with Crippen LogP contribution in [0.5, 0.6) is 0 Å². The smallest absolute Gasteiger partial charge is 0.190 e. The van der Waals surface area contributed by atoms with E-state index < -0.39 is 0 Å². The van der Waals surface area contributed by atoms with Crippen molar-refractivity contribution in [2.45, 2.75) is 0 Å². The zero-order valence-corrected chi connectivity index (χ0v) is 17.7. The van der Waals surface area contributed by atoms with Crippen molar-refractivity contribution in [2.75, 3.05) is 0 Å². The fourth-order valence-corrected chi connectivity index (χ4v) is 6.96. The molecule has 0 spiro atoms. The van der Waals surface area contributed by atoms with Crippen molar-refractivity contribution < 1.29 is 4.42 Å². The van der Waals surface area contributed by atoms with Gasteiger partial charge >= 0.3 is 0 Å². The maximum Gasteiger partial charge on any atom is 0.190 e. The number of rotatable bonds is 2. The Labute approximate surface area is 179 Å². The van der Waals surface area contributed by atoms with Gasteiger partial charge in [0.15, 0.2) is 4.90 Å². The predicted octanol–water partition coefficient (Wildman–Crippen LogP) is 7.05. The molecular formula is C20H8N4OS4. The molecule has 5 heterocycles. The van der Waals surface area contributed by atoms with E-state index in [1.165, 1.54) is 28.2 Å². The van der Waals surface area contributed by atoms with Gasteiger partial charge in [-0.2, -0.15) is 17.5 Å². The van der Waals surface area contributed by atoms with Crippen LogP contribution >= 0.6 is 46.1 Å². The number of benzene rings is 2.